The van der Waals surface area contributed by atoms with Crippen LogP contribution in [0.4, 0.5) is 0 Å². The summed E-state index contributed by atoms with van der Waals surface area (Å²) < 4.78 is 18.4. The van der Waals surface area contributed by atoms with Crippen molar-refractivity contribution in [2.24, 2.45) is 4.99 Å². The summed E-state index contributed by atoms with van der Waals surface area (Å²) in [6.07, 6.45) is 0.884. The second kappa shape index (κ2) is 8.91. The highest BCUT2D eigenvalue weighted by Gasteiger charge is 2.14. The van der Waals surface area contributed by atoms with E-state index in [4.69, 9.17) is 9.47 Å². The molecule has 7 nitrogen and oxygen atoms in total. The maximum absolute atomic E-state index is 12.7. The molecule has 152 valence electrons. The summed E-state index contributed by atoms with van der Waals surface area (Å²) in [7, 11) is 4.49. The highest BCUT2D eigenvalue weighted by molar-refractivity contribution is 7.16. The highest BCUT2D eigenvalue weighted by atomic mass is 32.1. The van der Waals surface area contributed by atoms with Crippen LogP contribution in [0.15, 0.2) is 41.4 Å². The number of methoxy groups -OCH3 is 3. The van der Waals surface area contributed by atoms with Crippen molar-refractivity contribution in [3.8, 4) is 11.5 Å². The van der Waals surface area contributed by atoms with Crippen LogP contribution >= 0.6 is 11.3 Å². The topological polar surface area (TPSA) is 79.1 Å². The molecule has 0 N–H and O–H groups in total. The van der Waals surface area contributed by atoms with Crippen molar-refractivity contribution in [1.29, 1.82) is 0 Å². The first-order valence-electron chi connectivity index (χ1n) is 9.05. The first kappa shape index (κ1) is 20.6. The molecular weight excluding hydrogens is 392 g/mol. The van der Waals surface area contributed by atoms with Gasteiger partial charge < -0.3 is 18.8 Å². The van der Waals surface area contributed by atoms with Crippen molar-refractivity contribution in [3.05, 3.63) is 52.3 Å². The summed E-state index contributed by atoms with van der Waals surface area (Å²) in [6, 6.07) is 10.0. The van der Waals surface area contributed by atoms with Crippen LogP contribution in [-0.2, 0) is 11.3 Å². The van der Waals surface area contributed by atoms with E-state index in [-0.39, 0.29) is 5.91 Å². The third kappa shape index (κ3) is 4.17. The Morgan fingerprint density at radius 1 is 1.00 bits per heavy atom. The molecule has 0 aliphatic heterocycles. The van der Waals surface area contributed by atoms with Gasteiger partial charge in [-0.15, -0.1) is 0 Å². The van der Waals surface area contributed by atoms with Gasteiger partial charge in [-0.05, 0) is 30.7 Å². The van der Waals surface area contributed by atoms with E-state index in [2.05, 4.69) is 16.7 Å². The Hall–Kier alpha value is -3.13. The number of nitrogens with zero attached hydrogens (tertiary/aromatic N) is 2. The molecule has 0 aliphatic rings. The first-order chi connectivity index (χ1) is 14.0. The fourth-order valence-corrected chi connectivity index (χ4v) is 4.00. The molecule has 29 heavy (non-hydrogen) atoms. The number of hydrogen-bond donors (Lipinski definition) is 0. The van der Waals surface area contributed by atoms with Crippen LogP contribution in [0.3, 0.4) is 0 Å². The molecule has 2 aromatic carbocycles. The second-order valence-corrected chi connectivity index (χ2v) is 7.21. The summed E-state index contributed by atoms with van der Waals surface area (Å²) in [5.41, 5.74) is 1.71. The Bertz CT molecular complexity index is 1110. The average molecular weight is 414 g/mol. The lowest BCUT2D eigenvalue weighted by Crippen LogP contribution is -2.17. The minimum absolute atomic E-state index is 0.378. The SMILES string of the molecule is CCCn1c(=NC(=O)c2ccc(C(=O)OC)cc2)sc2cc(OC)c(OC)cc21. The summed E-state index contributed by atoms with van der Waals surface area (Å²) in [6.45, 7) is 2.78. The van der Waals surface area contributed by atoms with E-state index in [0.717, 1.165) is 16.6 Å². The number of rotatable bonds is 6. The number of esters is 1. The normalized spacial score (nSPS) is 11.5. The largest absolute Gasteiger partial charge is 0.493 e. The lowest BCUT2D eigenvalue weighted by Gasteiger charge is -2.08. The predicted octanol–water partition coefficient (Wildman–Crippen LogP) is 3.66. The first-order valence-corrected chi connectivity index (χ1v) is 9.86. The van der Waals surface area contributed by atoms with Gasteiger partial charge in [0.15, 0.2) is 16.3 Å². The van der Waals surface area contributed by atoms with Crippen LogP contribution in [0.5, 0.6) is 11.5 Å². The standard InChI is InChI=1S/C21H22N2O5S/c1-5-10-23-15-11-16(26-2)17(27-3)12-18(15)29-21(23)22-19(24)13-6-8-14(9-7-13)20(25)28-4/h6-9,11-12H,5,10H2,1-4H3. The zero-order chi connectivity index (χ0) is 21.0. The van der Waals surface area contributed by atoms with E-state index in [1.54, 1.807) is 38.5 Å². The Balaban J connectivity index is 2.07. The molecule has 0 fully saturated rings. The van der Waals surface area contributed by atoms with E-state index < -0.39 is 5.97 Å². The Morgan fingerprint density at radius 2 is 1.62 bits per heavy atom. The fourth-order valence-electron chi connectivity index (χ4n) is 2.94. The monoisotopic (exact) mass is 414 g/mol. The average Bonchev–Trinajstić information content (AvgIpc) is 3.08. The van der Waals surface area contributed by atoms with Crippen molar-refractivity contribution in [2.75, 3.05) is 21.3 Å². The van der Waals surface area contributed by atoms with Crippen LogP contribution in [0.1, 0.15) is 34.1 Å². The summed E-state index contributed by atoms with van der Waals surface area (Å²) in [5, 5.41) is 0. The lowest BCUT2D eigenvalue weighted by molar-refractivity contribution is 0.0600. The fraction of sp³-hybridized carbons (Fsp3) is 0.286. The van der Waals surface area contributed by atoms with Gasteiger partial charge >= 0.3 is 5.97 Å². The summed E-state index contributed by atoms with van der Waals surface area (Å²) in [4.78, 5) is 29.2. The number of benzene rings is 2. The third-order valence-corrected chi connectivity index (χ3v) is 5.43. The van der Waals surface area contributed by atoms with Crippen molar-refractivity contribution in [2.45, 2.75) is 19.9 Å². The van der Waals surface area contributed by atoms with Gasteiger partial charge in [-0.1, -0.05) is 18.3 Å². The van der Waals surface area contributed by atoms with E-state index in [1.807, 2.05) is 16.7 Å². The molecule has 0 saturated heterocycles. The van der Waals surface area contributed by atoms with Crippen LogP contribution in [0, 0.1) is 0 Å². The number of carbonyl (C=O) groups excluding carboxylic acids is 2. The van der Waals surface area contributed by atoms with Crippen molar-refractivity contribution in [1.82, 2.24) is 4.57 Å². The molecule has 0 unspecified atom stereocenters. The Morgan fingerprint density at radius 3 is 2.21 bits per heavy atom. The molecule has 3 rings (SSSR count). The van der Waals surface area contributed by atoms with Gasteiger partial charge in [-0.3, -0.25) is 4.79 Å². The van der Waals surface area contributed by atoms with Gasteiger partial charge in [0.25, 0.3) is 5.91 Å². The van der Waals surface area contributed by atoms with Crippen LogP contribution in [0.2, 0.25) is 0 Å². The number of aromatic nitrogens is 1. The van der Waals surface area contributed by atoms with E-state index >= 15 is 0 Å². The highest BCUT2D eigenvalue weighted by Crippen LogP contribution is 2.33. The summed E-state index contributed by atoms with van der Waals surface area (Å²) >= 11 is 1.41. The smallest absolute Gasteiger partial charge is 0.337 e. The molecule has 3 aromatic rings. The molecule has 0 spiro atoms. The van der Waals surface area contributed by atoms with Crippen LogP contribution < -0.4 is 14.3 Å². The lowest BCUT2D eigenvalue weighted by atomic mass is 10.1. The maximum atomic E-state index is 12.7. The number of amides is 1. The predicted molar refractivity (Wildman–Crippen MR) is 111 cm³/mol. The van der Waals surface area contributed by atoms with Gasteiger partial charge in [-0.25, -0.2) is 4.79 Å². The number of fused-ring (bicyclic) bond motifs is 1. The van der Waals surface area contributed by atoms with Gasteiger partial charge in [0.2, 0.25) is 0 Å². The van der Waals surface area contributed by atoms with E-state index in [0.29, 0.717) is 34.0 Å². The van der Waals surface area contributed by atoms with Crippen molar-refractivity contribution >= 4 is 33.4 Å². The van der Waals surface area contributed by atoms with E-state index in [1.165, 1.54) is 18.4 Å². The van der Waals surface area contributed by atoms with Crippen LogP contribution in [0.25, 0.3) is 10.2 Å². The summed E-state index contributed by atoms with van der Waals surface area (Å²) in [5.74, 6) is 0.422. The van der Waals surface area contributed by atoms with Gasteiger partial charge in [0.05, 0.1) is 37.1 Å². The van der Waals surface area contributed by atoms with Crippen LogP contribution in [-0.4, -0.2) is 37.8 Å². The molecule has 8 heteroatoms. The third-order valence-electron chi connectivity index (χ3n) is 4.39. The van der Waals surface area contributed by atoms with Crippen molar-refractivity contribution < 1.29 is 23.8 Å². The quantitative estimate of drug-likeness (QED) is 0.575. The van der Waals surface area contributed by atoms with Gasteiger partial charge in [0, 0.05) is 24.2 Å². The van der Waals surface area contributed by atoms with Gasteiger partial charge in [-0.2, -0.15) is 4.99 Å². The second-order valence-electron chi connectivity index (χ2n) is 6.20. The Labute approximate surface area is 172 Å². The number of thiazole rings is 1. The number of ether oxygens (including phenoxy) is 3. The minimum Gasteiger partial charge on any atom is -0.493 e. The minimum atomic E-state index is -0.450. The Kier molecular flexibility index (Phi) is 6.33. The molecule has 0 bridgehead atoms. The van der Waals surface area contributed by atoms with Crippen molar-refractivity contribution in [3.63, 3.8) is 0 Å². The maximum Gasteiger partial charge on any atom is 0.337 e. The zero-order valence-corrected chi connectivity index (χ0v) is 17.5. The molecule has 1 heterocycles. The number of hydrogen-bond acceptors (Lipinski definition) is 6. The molecular formula is C21H22N2O5S. The molecule has 1 amide bonds. The zero-order valence-electron chi connectivity index (χ0n) is 16.7. The van der Waals surface area contributed by atoms with E-state index in [9.17, 15) is 9.59 Å². The molecule has 0 saturated carbocycles. The number of carbonyl (C=O) groups is 2. The molecule has 0 radical (unpaired) electrons. The number of aryl methyl sites for hydroxylation is 1. The molecule has 0 aliphatic carbocycles. The van der Waals surface area contributed by atoms with Gasteiger partial charge in [0.1, 0.15) is 0 Å². The molecule has 1 aromatic heterocycles. The molecule has 0 atom stereocenters.